The zero-order chi connectivity index (χ0) is 14.6. The van der Waals surface area contributed by atoms with Crippen LogP contribution in [0, 0.1) is 15.9 Å². The maximum atomic E-state index is 12.7. The zero-order valence-electron chi connectivity index (χ0n) is 12.0. The predicted octanol–water partition coefficient (Wildman–Crippen LogP) is 3.84. The lowest BCUT2D eigenvalue weighted by atomic mass is 9.79. The van der Waals surface area contributed by atoms with Gasteiger partial charge >= 0.3 is 0 Å². The number of rotatable bonds is 3. The molecule has 1 amide bonds. The summed E-state index contributed by atoms with van der Waals surface area (Å²) in [5, 5.41) is 3.08. The maximum absolute atomic E-state index is 12.7. The largest absolute Gasteiger partial charge is 0.329 e. The molecule has 1 aromatic rings. The van der Waals surface area contributed by atoms with E-state index >= 15 is 0 Å². The molecule has 20 heavy (non-hydrogen) atoms. The summed E-state index contributed by atoms with van der Waals surface area (Å²) in [5.41, 5.74) is 7.69. The quantitative estimate of drug-likeness (QED) is 0.613. The van der Waals surface area contributed by atoms with Crippen molar-refractivity contribution in [2.24, 2.45) is 11.1 Å². The molecule has 0 atom stereocenters. The van der Waals surface area contributed by atoms with Gasteiger partial charge in [-0.05, 0) is 60.1 Å². The van der Waals surface area contributed by atoms with Gasteiger partial charge in [-0.3, -0.25) is 4.79 Å². The Labute approximate surface area is 134 Å². The lowest BCUT2D eigenvalue weighted by Crippen LogP contribution is -2.42. The summed E-state index contributed by atoms with van der Waals surface area (Å²) >= 11 is 2.29. The first kappa shape index (κ1) is 15.8. The highest BCUT2D eigenvalue weighted by Gasteiger charge is 2.37. The minimum Gasteiger partial charge on any atom is -0.329 e. The normalized spacial score (nSPS) is 18.4. The van der Waals surface area contributed by atoms with Crippen molar-refractivity contribution in [1.29, 1.82) is 0 Å². The van der Waals surface area contributed by atoms with Crippen LogP contribution in [0.1, 0.15) is 44.1 Å². The number of anilines is 1. The summed E-state index contributed by atoms with van der Waals surface area (Å²) in [6.07, 6.45) is 6.48. The van der Waals surface area contributed by atoms with Crippen LogP contribution in [-0.2, 0) is 4.79 Å². The fraction of sp³-hybridized carbons (Fsp3) is 0.562. The Morgan fingerprint density at radius 1 is 1.30 bits per heavy atom. The molecule has 0 saturated heterocycles. The van der Waals surface area contributed by atoms with E-state index in [0.717, 1.165) is 31.4 Å². The predicted molar refractivity (Wildman–Crippen MR) is 91.7 cm³/mol. The van der Waals surface area contributed by atoms with Gasteiger partial charge in [-0.25, -0.2) is 0 Å². The second kappa shape index (κ2) is 6.89. The molecule has 0 unspecified atom stereocenters. The van der Waals surface area contributed by atoms with Crippen LogP contribution in [0.3, 0.4) is 0 Å². The third-order valence-electron chi connectivity index (χ3n) is 4.36. The smallest absolute Gasteiger partial charge is 0.231 e. The Balaban J connectivity index is 2.14. The number of aryl methyl sites for hydroxylation is 1. The first-order valence-corrected chi connectivity index (χ1v) is 8.43. The molecular weight excluding hydrogens is 363 g/mol. The van der Waals surface area contributed by atoms with Crippen molar-refractivity contribution in [3.05, 3.63) is 27.3 Å². The van der Waals surface area contributed by atoms with E-state index in [2.05, 4.69) is 34.8 Å². The number of amides is 1. The SMILES string of the molecule is Cc1ccc(NC(=O)C2(CN)CCCCCC2)cc1I. The molecule has 0 bridgehead atoms. The molecule has 1 fully saturated rings. The van der Waals surface area contributed by atoms with Gasteiger partial charge in [-0.2, -0.15) is 0 Å². The molecule has 0 aromatic heterocycles. The van der Waals surface area contributed by atoms with Crippen LogP contribution < -0.4 is 11.1 Å². The van der Waals surface area contributed by atoms with Gasteiger partial charge in [0.05, 0.1) is 5.41 Å². The minimum absolute atomic E-state index is 0.0987. The highest BCUT2D eigenvalue weighted by molar-refractivity contribution is 14.1. The number of carbonyl (C=O) groups excluding carboxylic acids is 1. The average molecular weight is 386 g/mol. The first-order chi connectivity index (χ1) is 9.57. The van der Waals surface area contributed by atoms with Crippen LogP contribution in [0.4, 0.5) is 5.69 Å². The second-order valence-corrected chi connectivity index (χ2v) is 6.98. The summed E-state index contributed by atoms with van der Waals surface area (Å²) in [6.45, 7) is 2.52. The van der Waals surface area contributed by atoms with Crippen molar-refractivity contribution in [3.63, 3.8) is 0 Å². The van der Waals surface area contributed by atoms with Crippen molar-refractivity contribution in [3.8, 4) is 0 Å². The number of hydrogen-bond acceptors (Lipinski definition) is 2. The molecule has 1 saturated carbocycles. The molecule has 110 valence electrons. The Morgan fingerprint density at radius 3 is 2.50 bits per heavy atom. The summed E-state index contributed by atoms with van der Waals surface area (Å²) in [5.74, 6) is 0.0987. The molecule has 3 nitrogen and oxygen atoms in total. The highest BCUT2D eigenvalue weighted by atomic mass is 127. The molecule has 0 aliphatic heterocycles. The van der Waals surface area contributed by atoms with E-state index in [1.54, 1.807) is 0 Å². The first-order valence-electron chi connectivity index (χ1n) is 7.35. The zero-order valence-corrected chi connectivity index (χ0v) is 14.2. The molecule has 0 heterocycles. The van der Waals surface area contributed by atoms with Gasteiger partial charge in [0.1, 0.15) is 0 Å². The number of halogens is 1. The van der Waals surface area contributed by atoms with E-state index < -0.39 is 0 Å². The van der Waals surface area contributed by atoms with E-state index in [0.29, 0.717) is 6.54 Å². The number of hydrogen-bond donors (Lipinski definition) is 2. The Morgan fingerprint density at radius 2 is 1.95 bits per heavy atom. The highest BCUT2D eigenvalue weighted by Crippen LogP contribution is 2.35. The molecular formula is C16H23IN2O. The van der Waals surface area contributed by atoms with Gasteiger partial charge in [-0.1, -0.05) is 31.7 Å². The Bertz CT molecular complexity index is 479. The Kier molecular flexibility index (Phi) is 5.43. The maximum Gasteiger partial charge on any atom is 0.231 e. The van der Waals surface area contributed by atoms with Gasteiger partial charge in [0.2, 0.25) is 5.91 Å². The molecule has 4 heteroatoms. The van der Waals surface area contributed by atoms with Gasteiger partial charge in [0, 0.05) is 15.8 Å². The molecule has 0 spiro atoms. The van der Waals surface area contributed by atoms with Gasteiger partial charge in [-0.15, -0.1) is 0 Å². The van der Waals surface area contributed by atoms with Crippen molar-refractivity contribution >= 4 is 34.2 Å². The third kappa shape index (κ3) is 3.52. The standard InChI is InChI=1S/C16H23IN2O/c1-12-6-7-13(10-14(12)17)19-15(20)16(11-18)8-4-2-3-5-9-16/h6-7,10H,2-5,8-9,11,18H2,1H3,(H,19,20). The summed E-state index contributed by atoms with van der Waals surface area (Å²) in [6, 6.07) is 6.03. The van der Waals surface area contributed by atoms with E-state index in [1.165, 1.54) is 22.0 Å². The van der Waals surface area contributed by atoms with Crippen molar-refractivity contribution in [2.45, 2.75) is 45.4 Å². The molecule has 3 N–H and O–H groups in total. The van der Waals surface area contributed by atoms with Crippen LogP contribution in [0.15, 0.2) is 18.2 Å². The lowest BCUT2D eigenvalue weighted by molar-refractivity contribution is -0.125. The average Bonchev–Trinajstić information content (AvgIpc) is 2.69. The molecule has 0 radical (unpaired) electrons. The van der Waals surface area contributed by atoms with E-state index in [1.807, 2.05) is 18.2 Å². The van der Waals surface area contributed by atoms with Crippen LogP contribution in [0.25, 0.3) is 0 Å². The van der Waals surface area contributed by atoms with E-state index in [-0.39, 0.29) is 11.3 Å². The number of nitrogens with two attached hydrogens (primary N) is 1. The van der Waals surface area contributed by atoms with Crippen molar-refractivity contribution in [2.75, 3.05) is 11.9 Å². The minimum atomic E-state index is -0.368. The second-order valence-electron chi connectivity index (χ2n) is 5.82. The topological polar surface area (TPSA) is 55.1 Å². The van der Waals surface area contributed by atoms with E-state index in [4.69, 9.17) is 5.73 Å². The molecule has 1 aliphatic rings. The van der Waals surface area contributed by atoms with Gasteiger partial charge < -0.3 is 11.1 Å². The summed E-state index contributed by atoms with van der Waals surface area (Å²) in [4.78, 5) is 12.7. The fourth-order valence-electron chi connectivity index (χ4n) is 2.86. The lowest BCUT2D eigenvalue weighted by Gasteiger charge is -2.29. The summed E-state index contributed by atoms with van der Waals surface area (Å²) in [7, 11) is 0. The van der Waals surface area contributed by atoms with E-state index in [9.17, 15) is 4.79 Å². The number of nitrogens with one attached hydrogen (secondary N) is 1. The van der Waals surface area contributed by atoms with Crippen LogP contribution in [0.2, 0.25) is 0 Å². The molecule has 1 aromatic carbocycles. The van der Waals surface area contributed by atoms with Crippen LogP contribution in [-0.4, -0.2) is 12.5 Å². The number of benzene rings is 1. The molecule has 1 aliphatic carbocycles. The third-order valence-corrected chi connectivity index (χ3v) is 5.52. The summed E-state index contributed by atoms with van der Waals surface area (Å²) < 4.78 is 1.17. The van der Waals surface area contributed by atoms with Crippen LogP contribution >= 0.6 is 22.6 Å². The number of carbonyl (C=O) groups is 1. The monoisotopic (exact) mass is 386 g/mol. The Hall–Kier alpha value is -0.620. The molecule has 2 rings (SSSR count). The van der Waals surface area contributed by atoms with Crippen LogP contribution in [0.5, 0.6) is 0 Å². The fourth-order valence-corrected chi connectivity index (χ4v) is 3.38. The van der Waals surface area contributed by atoms with Gasteiger partial charge in [0.25, 0.3) is 0 Å². The van der Waals surface area contributed by atoms with Crippen molar-refractivity contribution < 1.29 is 4.79 Å². The van der Waals surface area contributed by atoms with Crippen molar-refractivity contribution in [1.82, 2.24) is 0 Å². The van der Waals surface area contributed by atoms with Gasteiger partial charge in [0.15, 0.2) is 0 Å².